The second-order valence-electron chi connectivity index (χ2n) is 6.13. The van der Waals surface area contributed by atoms with Crippen molar-refractivity contribution in [2.24, 2.45) is 5.92 Å². The molecule has 0 bridgehead atoms. The number of rotatable bonds is 4. The fourth-order valence-electron chi connectivity index (χ4n) is 3.23. The Hall–Kier alpha value is -1.72. The summed E-state index contributed by atoms with van der Waals surface area (Å²) in [4.78, 5) is 13.0. The van der Waals surface area contributed by atoms with E-state index in [2.05, 4.69) is 0 Å². The van der Waals surface area contributed by atoms with Crippen LogP contribution in [0.3, 0.4) is 0 Å². The summed E-state index contributed by atoms with van der Waals surface area (Å²) in [5.41, 5.74) is 0.250. The van der Waals surface area contributed by atoms with Crippen LogP contribution in [0.15, 0.2) is 18.2 Å². The maximum absolute atomic E-state index is 13.2. The molecule has 0 amide bonds. The van der Waals surface area contributed by atoms with E-state index < -0.39 is 23.6 Å². The Kier molecular flexibility index (Phi) is 4.40. The maximum atomic E-state index is 13.2. The Bertz CT molecular complexity index is 569. The van der Waals surface area contributed by atoms with Crippen LogP contribution >= 0.6 is 0 Å². The highest BCUT2D eigenvalue weighted by molar-refractivity contribution is 5.70. The minimum atomic E-state index is -4.39. The van der Waals surface area contributed by atoms with Gasteiger partial charge in [-0.3, -0.25) is 4.79 Å². The highest BCUT2D eigenvalue weighted by atomic mass is 19.4. The van der Waals surface area contributed by atoms with Crippen LogP contribution in [-0.2, 0) is 17.4 Å². The van der Waals surface area contributed by atoms with Gasteiger partial charge in [-0.1, -0.05) is 13.0 Å². The van der Waals surface area contributed by atoms with Gasteiger partial charge in [-0.15, -0.1) is 0 Å². The summed E-state index contributed by atoms with van der Waals surface area (Å²) in [6.45, 7) is 5.41. The largest absolute Gasteiger partial charge is 0.481 e. The van der Waals surface area contributed by atoms with Crippen molar-refractivity contribution in [3.63, 3.8) is 0 Å². The van der Waals surface area contributed by atoms with E-state index in [1.807, 2.05) is 18.7 Å². The molecule has 0 aliphatic carbocycles. The molecule has 1 aliphatic rings. The van der Waals surface area contributed by atoms with Crippen molar-refractivity contribution in [2.45, 2.75) is 51.9 Å². The first-order valence-electron chi connectivity index (χ1n) is 7.33. The number of alkyl halides is 3. The fraction of sp³-hybridized carbons (Fsp3) is 0.562. The van der Waals surface area contributed by atoms with Gasteiger partial charge in [0.25, 0.3) is 0 Å². The molecule has 2 rings (SSSR count). The molecule has 0 radical (unpaired) electrons. The van der Waals surface area contributed by atoms with Crippen molar-refractivity contribution >= 4 is 11.7 Å². The summed E-state index contributed by atoms with van der Waals surface area (Å²) in [7, 11) is 0. The van der Waals surface area contributed by atoms with E-state index in [0.29, 0.717) is 12.1 Å². The normalized spacial score (nSPS) is 19.4. The van der Waals surface area contributed by atoms with Crippen molar-refractivity contribution in [3.8, 4) is 0 Å². The number of hydrogen-bond acceptors (Lipinski definition) is 2. The molecule has 22 heavy (non-hydrogen) atoms. The zero-order valence-corrected chi connectivity index (χ0v) is 12.8. The Labute approximate surface area is 127 Å². The van der Waals surface area contributed by atoms with Crippen molar-refractivity contribution in [2.75, 3.05) is 4.90 Å². The topological polar surface area (TPSA) is 40.5 Å². The number of anilines is 1. The molecule has 1 heterocycles. The number of fused-ring (bicyclic) bond motifs is 1. The van der Waals surface area contributed by atoms with Gasteiger partial charge in [0.1, 0.15) is 0 Å². The number of halogens is 3. The van der Waals surface area contributed by atoms with E-state index in [1.54, 1.807) is 13.0 Å². The van der Waals surface area contributed by atoms with E-state index in [9.17, 15) is 18.0 Å². The van der Waals surface area contributed by atoms with Crippen molar-refractivity contribution in [1.29, 1.82) is 0 Å². The lowest BCUT2D eigenvalue weighted by Crippen LogP contribution is -2.39. The van der Waals surface area contributed by atoms with Gasteiger partial charge in [-0.2, -0.15) is 13.2 Å². The van der Waals surface area contributed by atoms with Crippen LogP contribution in [0, 0.1) is 5.92 Å². The minimum Gasteiger partial charge on any atom is -0.481 e. The second kappa shape index (κ2) is 5.82. The molecular weight excluding hydrogens is 295 g/mol. The lowest BCUT2D eigenvalue weighted by molar-refractivity contribution is -0.141. The molecule has 0 saturated carbocycles. The van der Waals surface area contributed by atoms with Crippen LogP contribution in [0.1, 0.15) is 38.3 Å². The third kappa shape index (κ3) is 3.05. The predicted molar refractivity (Wildman–Crippen MR) is 78.0 cm³/mol. The van der Waals surface area contributed by atoms with E-state index in [4.69, 9.17) is 5.11 Å². The van der Waals surface area contributed by atoms with Gasteiger partial charge in [0, 0.05) is 17.8 Å². The van der Waals surface area contributed by atoms with Crippen LogP contribution < -0.4 is 4.90 Å². The Morgan fingerprint density at radius 1 is 1.36 bits per heavy atom. The number of benzene rings is 1. The number of hydrogen-bond donors (Lipinski definition) is 1. The molecule has 2 atom stereocenters. The van der Waals surface area contributed by atoms with Crippen LogP contribution in [-0.4, -0.2) is 23.2 Å². The zero-order valence-electron chi connectivity index (χ0n) is 12.8. The number of carboxylic acids is 1. The fourth-order valence-corrected chi connectivity index (χ4v) is 3.23. The number of carbonyl (C=O) groups is 1. The highest BCUT2D eigenvalue weighted by Crippen LogP contribution is 2.43. The summed E-state index contributed by atoms with van der Waals surface area (Å²) in [6, 6.07) is 4.00. The second-order valence-corrected chi connectivity index (χ2v) is 6.13. The van der Waals surface area contributed by atoms with Gasteiger partial charge in [0.15, 0.2) is 0 Å². The molecule has 3 nitrogen and oxygen atoms in total. The molecular formula is C16H20F3NO2. The smallest absolute Gasteiger partial charge is 0.416 e. The molecule has 0 fully saturated rings. The maximum Gasteiger partial charge on any atom is 0.416 e. The average Bonchev–Trinajstić information content (AvgIpc) is 2.74. The lowest BCUT2D eigenvalue weighted by atomic mass is 9.96. The standard InChI is InChI=1S/C16H20F3NO2/c1-9(2)20-11(7-10(3)15(21)22)8-12-13(16(17,18)19)5-4-6-14(12)20/h4-6,9-11H,7-8H2,1-3H3,(H,21,22). The van der Waals surface area contributed by atoms with Gasteiger partial charge in [0.05, 0.1) is 11.5 Å². The quantitative estimate of drug-likeness (QED) is 0.914. The van der Waals surface area contributed by atoms with Crippen molar-refractivity contribution < 1.29 is 23.1 Å². The van der Waals surface area contributed by atoms with Gasteiger partial charge < -0.3 is 10.0 Å². The summed E-state index contributed by atoms with van der Waals surface area (Å²) in [6.07, 6.45) is -3.82. The Morgan fingerprint density at radius 2 is 2.00 bits per heavy atom. The molecule has 1 aromatic rings. The summed E-state index contributed by atoms with van der Waals surface area (Å²) >= 11 is 0. The van der Waals surface area contributed by atoms with Gasteiger partial charge in [0.2, 0.25) is 0 Å². The SMILES string of the molecule is CC(CC1Cc2c(cccc2C(F)(F)F)N1C(C)C)C(=O)O. The third-order valence-corrected chi connectivity index (χ3v) is 4.17. The molecule has 1 aliphatic heterocycles. The summed E-state index contributed by atoms with van der Waals surface area (Å²) in [5, 5.41) is 9.07. The van der Waals surface area contributed by atoms with Gasteiger partial charge in [-0.05, 0) is 44.4 Å². The molecule has 1 aromatic carbocycles. The summed E-state index contributed by atoms with van der Waals surface area (Å²) < 4.78 is 39.5. The molecule has 6 heteroatoms. The highest BCUT2D eigenvalue weighted by Gasteiger charge is 2.40. The molecule has 1 N–H and O–H groups in total. The van der Waals surface area contributed by atoms with Crippen LogP contribution in [0.2, 0.25) is 0 Å². The van der Waals surface area contributed by atoms with E-state index in [-0.39, 0.29) is 24.1 Å². The number of aliphatic carboxylic acids is 1. The average molecular weight is 315 g/mol. The van der Waals surface area contributed by atoms with Crippen molar-refractivity contribution in [1.82, 2.24) is 0 Å². The first kappa shape index (κ1) is 16.6. The molecule has 0 spiro atoms. The van der Waals surface area contributed by atoms with E-state index >= 15 is 0 Å². The molecule has 122 valence electrons. The third-order valence-electron chi connectivity index (χ3n) is 4.17. The first-order chi connectivity index (χ1) is 10.1. The minimum absolute atomic E-state index is 0.00993. The Morgan fingerprint density at radius 3 is 2.50 bits per heavy atom. The zero-order chi connectivity index (χ0) is 16.7. The van der Waals surface area contributed by atoms with E-state index in [0.717, 1.165) is 6.07 Å². The molecule has 0 aromatic heterocycles. The monoisotopic (exact) mass is 315 g/mol. The summed E-state index contributed by atoms with van der Waals surface area (Å²) in [5.74, 6) is -1.51. The van der Waals surface area contributed by atoms with Crippen LogP contribution in [0.4, 0.5) is 18.9 Å². The van der Waals surface area contributed by atoms with Crippen molar-refractivity contribution in [3.05, 3.63) is 29.3 Å². The predicted octanol–water partition coefficient (Wildman–Crippen LogP) is 3.96. The Balaban J connectivity index is 2.40. The molecule has 0 saturated heterocycles. The van der Waals surface area contributed by atoms with Gasteiger partial charge >= 0.3 is 12.1 Å². The number of carboxylic acid groups (broad SMARTS) is 1. The first-order valence-corrected chi connectivity index (χ1v) is 7.33. The molecule has 2 unspecified atom stereocenters. The lowest BCUT2D eigenvalue weighted by Gasteiger charge is -2.32. The van der Waals surface area contributed by atoms with Crippen LogP contribution in [0.5, 0.6) is 0 Å². The van der Waals surface area contributed by atoms with Crippen LogP contribution in [0.25, 0.3) is 0 Å². The number of nitrogens with zero attached hydrogens (tertiary/aromatic N) is 1. The van der Waals surface area contributed by atoms with Gasteiger partial charge in [-0.25, -0.2) is 0 Å². The van der Waals surface area contributed by atoms with E-state index in [1.165, 1.54) is 6.07 Å².